The molecule has 0 spiro atoms. The number of ether oxygens (including phenoxy) is 1. The molecule has 0 bridgehead atoms. The average Bonchev–Trinajstić information content (AvgIpc) is 3.62. The van der Waals surface area contributed by atoms with E-state index in [1.54, 1.807) is 0 Å². The van der Waals surface area contributed by atoms with E-state index >= 15 is 0 Å². The molecule has 0 radical (unpaired) electrons. The second-order valence-corrected chi connectivity index (χ2v) is 21.8. The minimum Gasteiger partial charge on any atom is -0.362 e. The van der Waals surface area contributed by atoms with Gasteiger partial charge < -0.3 is 14.5 Å². The lowest BCUT2D eigenvalue weighted by molar-refractivity contribution is -0.104. The molecule has 3 aliphatic rings. The first kappa shape index (κ1) is 45.6. The zero-order valence-corrected chi connectivity index (χ0v) is 42.7. The molecule has 0 amide bonds. The van der Waals surface area contributed by atoms with Crippen LogP contribution in [0.15, 0.2) is 194 Å². The average molecular weight is 945 g/mol. The normalized spacial score (nSPS) is 16.0. The Morgan fingerprint density at radius 1 is 0.397 bits per heavy atom. The van der Waals surface area contributed by atoms with Crippen LogP contribution in [0.25, 0.3) is 49.4 Å². The zero-order valence-electron chi connectivity index (χ0n) is 42.7. The topological polar surface area (TPSA) is 43.9 Å². The van der Waals surface area contributed by atoms with Gasteiger partial charge in [0.1, 0.15) is 6.07 Å². The molecule has 0 saturated carbocycles. The molecule has 12 rings (SSSR count). The highest BCUT2D eigenvalue weighted by atomic mass is 16.5. The van der Waals surface area contributed by atoms with Crippen molar-refractivity contribution >= 4 is 39.8 Å². The Morgan fingerprint density at radius 3 is 1.00 bits per heavy atom. The maximum Gasteiger partial charge on any atom is 0.218 e. The van der Waals surface area contributed by atoms with E-state index in [4.69, 9.17) is 4.74 Å². The van der Waals surface area contributed by atoms with E-state index in [0.717, 1.165) is 106 Å². The van der Waals surface area contributed by atoms with Gasteiger partial charge in [-0.1, -0.05) is 173 Å². The summed E-state index contributed by atoms with van der Waals surface area (Å²) in [6, 6.07) is 72.0. The third-order valence-corrected chi connectivity index (χ3v) is 15.9. The Balaban J connectivity index is 1.21. The molecule has 5 nitrogen and oxygen atoms in total. The number of nitrogens with zero attached hydrogens (tertiary/aromatic N) is 4. The van der Waals surface area contributed by atoms with E-state index in [1.165, 1.54) is 0 Å². The van der Waals surface area contributed by atoms with Crippen molar-refractivity contribution in [1.82, 2.24) is 0 Å². The second-order valence-electron chi connectivity index (χ2n) is 21.8. The first-order valence-corrected chi connectivity index (χ1v) is 25.3. The number of fused-ring (bicyclic) bond motifs is 5. The van der Waals surface area contributed by atoms with Gasteiger partial charge >= 0.3 is 0 Å². The number of anilines is 6. The zero-order chi connectivity index (χ0) is 50.6. The van der Waals surface area contributed by atoms with Crippen LogP contribution in [0.1, 0.15) is 94.3 Å². The van der Waals surface area contributed by atoms with Crippen LogP contribution >= 0.6 is 0 Å². The Morgan fingerprint density at radius 2 is 0.699 bits per heavy atom. The van der Waals surface area contributed by atoms with Crippen molar-refractivity contribution in [3.05, 3.63) is 244 Å². The first-order valence-electron chi connectivity index (χ1n) is 25.3. The van der Waals surface area contributed by atoms with E-state index in [2.05, 4.69) is 258 Å². The fourth-order valence-corrected chi connectivity index (χ4v) is 12.5. The quantitative estimate of drug-likeness (QED) is 0.156. The van der Waals surface area contributed by atoms with E-state index in [1.807, 2.05) is 12.1 Å². The lowest BCUT2D eigenvalue weighted by Gasteiger charge is -2.46. The molecular formula is C68H56N4O. The molecular weight excluding hydrogens is 889 g/mol. The molecule has 9 aromatic rings. The van der Waals surface area contributed by atoms with Crippen molar-refractivity contribution in [2.75, 3.05) is 9.80 Å². The summed E-state index contributed by atoms with van der Waals surface area (Å²) in [5, 5.41) is 12.3. The van der Waals surface area contributed by atoms with Crippen LogP contribution in [0, 0.1) is 17.9 Å². The van der Waals surface area contributed by atoms with Gasteiger partial charge in [0, 0.05) is 27.8 Å². The molecule has 354 valence electrons. The fourth-order valence-electron chi connectivity index (χ4n) is 12.5. The summed E-state index contributed by atoms with van der Waals surface area (Å²) in [6.07, 6.45) is 0. The van der Waals surface area contributed by atoms with Gasteiger partial charge in [0.05, 0.1) is 46.1 Å². The first-order chi connectivity index (χ1) is 35.1. The molecule has 0 saturated heterocycles. The number of benzene rings is 9. The Hall–Kier alpha value is -8.48. The minimum absolute atomic E-state index is 0.408. The monoisotopic (exact) mass is 944 g/mol. The molecule has 0 atom stereocenters. The van der Waals surface area contributed by atoms with Gasteiger partial charge in [0.15, 0.2) is 0 Å². The maximum atomic E-state index is 12.3. The van der Waals surface area contributed by atoms with Crippen molar-refractivity contribution < 1.29 is 4.74 Å². The highest BCUT2D eigenvalue weighted by molar-refractivity contribution is 6.03. The molecule has 0 N–H and O–H groups in total. The van der Waals surface area contributed by atoms with Crippen molar-refractivity contribution in [1.29, 1.82) is 5.26 Å². The van der Waals surface area contributed by atoms with E-state index < -0.39 is 22.0 Å². The van der Waals surface area contributed by atoms with Crippen LogP contribution in [0.2, 0.25) is 0 Å². The lowest BCUT2D eigenvalue weighted by Crippen LogP contribution is -2.33. The standard InChI is InChI=1S/C68H56N4O/c1-65(2)52-38-47(43-22-14-10-15-23-43)30-34-56(52)71(57-35-31-48(39-53(57)65)44-24-16-11-17-25-44)63-51(42-69)64(62(70-9)60-61(63)68(7,8)73-67(60,5)6)72-58-36-32-49(45-26-18-12-19-27-45)40-54(58)66(3,4)55-41-50(33-37-59(55)72)46-28-20-13-21-29-46/h10-41H,1-8H3. The largest absolute Gasteiger partial charge is 0.362 e. The molecule has 5 heteroatoms. The van der Waals surface area contributed by atoms with Gasteiger partial charge in [-0.2, -0.15) is 5.26 Å². The maximum absolute atomic E-state index is 12.3. The molecule has 9 aromatic carbocycles. The summed E-state index contributed by atoms with van der Waals surface area (Å²) in [7, 11) is 0. The van der Waals surface area contributed by atoms with Gasteiger partial charge in [-0.05, 0) is 149 Å². The van der Waals surface area contributed by atoms with E-state index in [0.29, 0.717) is 16.9 Å². The molecule has 0 unspecified atom stereocenters. The molecule has 3 heterocycles. The van der Waals surface area contributed by atoms with Crippen LogP contribution in [-0.4, -0.2) is 0 Å². The minimum atomic E-state index is -0.916. The summed E-state index contributed by atoms with van der Waals surface area (Å²) >= 11 is 0. The number of hydrogen-bond donors (Lipinski definition) is 0. The number of nitriles is 1. The van der Waals surface area contributed by atoms with Crippen molar-refractivity contribution in [3.8, 4) is 50.6 Å². The summed E-state index contributed by atoms with van der Waals surface area (Å²) in [4.78, 5) is 9.13. The van der Waals surface area contributed by atoms with Crippen LogP contribution in [0.4, 0.5) is 39.8 Å². The number of rotatable bonds is 6. The Bertz CT molecular complexity index is 3600. The van der Waals surface area contributed by atoms with Crippen molar-refractivity contribution in [3.63, 3.8) is 0 Å². The van der Waals surface area contributed by atoms with Crippen LogP contribution in [-0.2, 0) is 26.8 Å². The van der Waals surface area contributed by atoms with Crippen LogP contribution in [0.3, 0.4) is 0 Å². The molecule has 73 heavy (non-hydrogen) atoms. The second kappa shape index (κ2) is 16.5. The summed E-state index contributed by atoms with van der Waals surface area (Å²) < 4.78 is 7.20. The highest BCUT2D eigenvalue weighted by Crippen LogP contribution is 2.65. The van der Waals surface area contributed by atoms with Gasteiger partial charge in [-0.15, -0.1) is 0 Å². The van der Waals surface area contributed by atoms with Gasteiger partial charge in [0.2, 0.25) is 5.69 Å². The summed E-state index contributed by atoms with van der Waals surface area (Å²) in [5.41, 5.74) is 18.1. The Labute approximate surface area is 430 Å². The summed E-state index contributed by atoms with van der Waals surface area (Å²) in [6.45, 7) is 26.9. The van der Waals surface area contributed by atoms with E-state index in [9.17, 15) is 11.8 Å². The number of hydrogen-bond acceptors (Lipinski definition) is 4. The lowest BCUT2D eigenvalue weighted by atomic mass is 9.71. The van der Waals surface area contributed by atoms with Gasteiger partial charge in [-0.3, -0.25) is 0 Å². The van der Waals surface area contributed by atoms with Crippen molar-refractivity contribution in [2.45, 2.75) is 77.4 Å². The third kappa shape index (κ3) is 6.98. The molecule has 0 aliphatic carbocycles. The third-order valence-electron chi connectivity index (χ3n) is 15.9. The Kier molecular flexibility index (Phi) is 10.3. The van der Waals surface area contributed by atoms with Crippen LogP contribution < -0.4 is 9.80 Å². The SMILES string of the molecule is [C-]#[N+]c1c(N2c3ccc(-c4ccccc4)cc3C(C)(C)c3cc(-c4ccccc4)ccc32)c(C#N)c(N2c3ccc(-c4ccccc4)cc3C(C)(C)c3cc(-c4ccccc4)ccc32)c2c1C(C)(C)OC2(C)C. The van der Waals surface area contributed by atoms with Gasteiger partial charge in [0.25, 0.3) is 0 Å². The molecule has 3 aliphatic heterocycles. The predicted molar refractivity (Wildman–Crippen MR) is 300 cm³/mol. The fraction of sp³-hybridized carbons (Fsp3) is 0.176. The van der Waals surface area contributed by atoms with Gasteiger partial charge in [-0.25, -0.2) is 4.85 Å². The van der Waals surface area contributed by atoms with E-state index in [-0.39, 0.29) is 0 Å². The summed E-state index contributed by atoms with van der Waals surface area (Å²) in [5.74, 6) is 0. The molecule has 0 fully saturated rings. The molecule has 0 aromatic heterocycles. The van der Waals surface area contributed by atoms with Crippen molar-refractivity contribution in [2.24, 2.45) is 0 Å². The van der Waals surface area contributed by atoms with Crippen LogP contribution in [0.5, 0.6) is 0 Å². The predicted octanol–water partition coefficient (Wildman–Crippen LogP) is 18.5. The highest BCUT2D eigenvalue weighted by Gasteiger charge is 2.52. The smallest absolute Gasteiger partial charge is 0.218 e.